The van der Waals surface area contributed by atoms with E-state index in [-0.39, 0.29) is 12.8 Å². The molecule has 2 N–H and O–H groups in total. The third-order valence-electron chi connectivity index (χ3n) is 4.94. The number of aromatic nitrogens is 2. The largest absolute Gasteiger partial charge is 0.454 e. The summed E-state index contributed by atoms with van der Waals surface area (Å²) in [5.41, 5.74) is 4.15. The van der Waals surface area contributed by atoms with Gasteiger partial charge in [0.1, 0.15) is 0 Å². The number of carbonyl (C=O) groups is 1. The Labute approximate surface area is 184 Å². The normalized spacial score (nSPS) is 11.9. The molecule has 0 spiro atoms. The summed E-state index contributed by atoms with van der Waals surface area (Å²) in [6.07, 6.45) is 0.473. The first-order valence-corrected chi connectivity index (χ1v) is 10.1. The van der Waals surface area contributed by atoms with Gasteiger partial charge in [-0.05, 0) is 55.0 Å². The molecule has 3 aromatic carbocycles. The quantitative estimate of drug-likeness (QED) is 0.464. The van der Waals surface area contributed by atoms with Crippen LogP contribution in [-0.2, 0) is 6.42 Å². The highest BCUT2D eigenvalue weighted by Gasteiger charge is 2.15. The van der Waals surface area contributed by atoms with Crippen LogP contribution in [0.1, 0.15) is 17.0 Å². The molecule has 0 atom stereocenters. The first-order chi connectivity index (χ1) is 15.6. The highest BCUT2D eigenvalue weighted by molar-refractivity contribution is 6.00. The molecule has 1 aliphatic rings. The molecule has 0 aliphatic carbocycles. The van der Waals surface area contributed by atoms with E-state index < -0.39 is 0 Å². The van der Waals surface area contributed by atoms with Gasteiger partial charge in [0.15, 0.2) is 11.5 Å². The molecule has 0 saturated heterocycles. The summed E-state index contributed by atoms with van der Waals surface area (Å²) in [5, 5.41) is 13.9. The van der Waals surface area contributed by atoms with Crippen molar-refractivity contribution >= 4 is 17.4 Å². The van der Waals surface area contributed by atoms with E-state index in [0.717, 1.165) is 16.9 Å². The van der Waals surface area contributed by atoms with Crippen LogP contribution in [0.5, 0.6) is 11.5 Å². The fourth-order valence-corrected chi connectivity index (χ4v) is 3.33. The molecular formula is C24H20N4O4. The maximum absolute atomic E-state index is 12.3. The van der Waals surface area contributed by atoms with Gasteiger partial charge in [0, 0.05) is 16.9 Å². The number of rotatable bonds is 5. The van der Waals surface area contributed by atoms with Gasteiger partial charge in [0.05, 0.1) is 6.42 Å². The van der Waals surface area contributed by atoms with Crippen molar-refractivity contribution in [3.8, 4) is 23.0 Å². The van der Waals surface area contributed by atoms with Gasteiger partial charge in [0.25, 0.3) is 0 Å². The summed E-state index contributed by atoms with van der Waals surface area (Å²) in [7, 11) is 0. The highest BCUT2D eigenvalue weighted by atomic mass is 16.7. The van der Waals surface area contributed by atoms with Gasteiger partial charge in [0.2, 0.25) is 18.6 Å². The molecule has 0 unspecified atom stereocenters. The molecule has 8 nitrogen and oxygen atoms in total. The van der Waals surface area contributed by atoms with Gasteiger partial charge in [-0.25, -0.2) is 4.79 Å². The lowest BCUT2D eigenvalue weighted by Crippen LogP contribution is -2.19. The second-order valence-electron chi connectivity index (χ2n) is 7.39. The molecule has 8 heteroatoms. The topological polar surface area (TPSA) is 98.5 Å². The van der Waals surface area contributed by atoms with Crippen LogP contribution in [0.4, 0.5) is 16.2 Å². The number of aryl methyl sites for hydroxylation is 1. The Morgan fingerprint density at radius 1 is 0.906 bits per heavy atom. The van der Waals surface area contributed by atoms with Crippen molar-refractivity contribution < 1.29 is 18.7 Å². The predicted octanol–water partition coefficient (Wildman–Crippen LogP) is 5.01. The Kier molecular flexibility index (Phi) is 5.17. The first kappa shape index (κ1) is 19.6. The summed E-state index contributed by atoms with van der Waals surface area (Å²) in [5.74, 6) is 2.30. The van der Waals surface area contributed by atoms with E-state index in [2.05, 4.69) is 20.8 Å². The Morgan fingerprint density at radius 2 is 1.72 bits per heavy atom. The van der Waals surface area contributed by atoms with Crippen LogP contribution in [0.3, 0.4) is 0 Å². The van der Waals surface area contributed by atoms with Crippen molar-refractivity contribution in [1.29, 1.82) is 0 Å². The third kappa shape index (κ3) is 4.39. The Hall–Kier alpha value is -4.33. The number of nitrogens with zero attached hydrogens (tertiary/aromatic N) is 2. The zero-order chi connectivity index (χ0) is 21.9. The fraction of sp³-hybridized carbons (Fsp3) is 0.125. The van der Waals surface area contributed by atoms with E-state index in [0.29, 0.717) is 40.9 Å². The highest BCUT2D eigenvalue weighted by Crippen LogP contribution is 2.33. The summed E-state index contributed by atoms with van der Waals surface area (Å²) in [6, 6.07) is 20.2. The van der Waals surface area contributed by atoms with Gasteiger partial charge < -0.3 is 24.5 Å². The molecule has 0 radical (unpaired) electrons. The van der Waals surface area contributed by atoms with Crippen molar-refractivity contribution in [1.82, 2.24) is 10.2 Å². The standard InChI is InChI=1S/C24H20N4O4/c1-15-5-8-18(9-6-15)25-24(29)26-19-4-2-3-17(13-19)23-28-27-22(32-23)12-16-7-10-20-21(11-16)31-14-30-20/h2-11,13H,12,14H2,1H3,(H2,25,26,29). The second-order valence-corrected chi connectivity index (χ2v) is 7.39. The first-order valence-electron chi connectivity index (χ1n) is 10.1. The number of carbonyl (C=O) groups excluding carboxylic acids is 1. The van der Waals surface area contributed by atoms with E-state index >= 15 is 0 Å². The molecule has 5 rings (SSSR count). The lowest BCUT2D eigenvalue weighted by Gasteiger charge is -2.08. The molecule has 2 amide bonds. The lowest BCUT2D eigenvalue weighted by atomic mass is 10.1. The number of ether oxygens (including phenoxy) is 2. The number of hydrogen-bond donors (Lipinski definition) is 2. The lowest BCUT2D eigenvalue weighted by molar-refractivity contribution is 0.174. The molecule has 32 heavy (non-hydrogen) atoms. The average Bonchev–Trinajstić information content (AvgIpc) is 3.45. The second kappa shape index (κ2) is 8.43. The Bertz CT molecular complexity index is 1270. The van der Waals surface area contributed by atoms with Crippen LogP contribution in [0.2, 0.25) is 0 Å². The number of anilines is 2. The molecule has 0 fully saturated rings. The summed E-state index contributed by atoms with van der Waals surface area (Å²) in [6.45, 7) is 2.23. The smallest absolute Gasteiger partial charge is 0.323 e. The van der Waals surface area contributed by atoms with Crippen molar-refractivity contribution in [3.05, 3.63) is 83.7 Å². The summed E-state index contributed by atoms with van der Waals surface area (Å²) in [4.78, 5) is 12.3. The fourth-order valence-electron chi connectivity index (χ4n) is 3.33. The molecule has 1 aliphatic heterocycles. The van der Waals surface area contributed by atoms with E-state index in [1.165, 1.54) is 0 Å². The maximum atomic E-state index is 12.3. The monoisotopic (exact) mass is 428 g/mol. The average molecular weight is 428 g/mol. The van der Waals surface area contributed by atoms with E-state index in [9.17, 15) is 4.79 Å². The van der Waals surface area contributed by atoms with Crippen LogP contribution in [-0.4, -0.2) is 23.0 Å². The van der Waals surface area contributed by atoms with Gasteiger partial charge in [-0.3, -0.25) is 0 Å². The van der Waals surface area contributed by atoms with Crippen LogP contribution < -0.4 is 20.1 Å². The number of benzene rings is 3. The van der Waals surface area contributed by atoms with Crippen molar-refractivity contribution in [3.63, 3.8) is 0 Å². The third-order valence-corrected chi connectivity index (χ3v) is 4.94. The van der Waals surface area contributed by atoms with Gasteiger partial charge in [-0.2, -0.15) is 0 Å². The minimum Gasteiger partial charge on any atom is -0.454 e. The maximum Gasteiger partial charge on any atom is 0.323 e. The number of fused-ring (bicyclic) bond motifs is 1. The molecule has 0 bridgehead atoms. The zero-order valence-corrected chi connectivity index (χ0v) is 17.3. The van der Waals surface area contributed by atoms with Gasteiger partial charge >= 0.3 is 6.03 Å². The van der Waals surface area contributed by atoms with Crippen molar-refractivity contribution in [2.24, 2.45) is 0 Å². The molecule has 0 saturated carbocycles. The van der Waals surface area contributed by atoms with E-state index in [1.54, 1.807) is 12.1 Å². The van der Waals surface area contributed by atoms with Gasteiger partial charge in [-0.15, -0.1) is 10.2 Å². The number of nitrogens with one attached hydrogen (secondary N) is 2. The minimum absolute atomic E-state index is 0.233. The van der Waals surface area contributed by atoms with E-state index in [4.69, 9.17) is 13.9 Å². The van der Waals surface area contributed by atoms with E-state index in [1.807, 2.05) is 61.5 Å². The number of amides is 2. The molecule has 1 aromatic heterocycles. The van der Waals surface area contributed by atoms with Crippen LogP contribution in [0.15, 0.2) is 71.1 Å². The molecule has 160 valence electrons. The predicted molar refractivity (Wildman–Crippen MR) is 119 cm³/mol. The van der Waals surface area contributed by atoms with Gasteiger partial charge in [-0.1, -0.05) is 29.8 Å². The van der Waals surface area contributed by atoms with Crippen LogP contribution in [0.25, 0.3) is 11.5 Å². The van der Waals surface area contributed by atoms with Crippen LogP contribution >= 0.6 is 0 Å². The zero-order valence-electron chi connectivity index (χ0n) is 17.3. The summed E-state index contributed by atoms with van der Waals surface area (Å²) < 4.78 is 16.6. The molecular weight excluding hydrogens is 408 g/mol. The SMILES string of the molecule is Cc1ccc(NC(=O)Nc2cccc(-c3nnc(Cc4ccc5c(c4)OCO5)o3)c2)cc1. The Balaban J connectivity index is 1.26. The number of urea groups is 1. The number of hydrogen-bond acceptors (Lipinski definition) is 6. The Morgan fingerprint density at radius 3 is 2.59 bits per heavy atom. The molecule has 4 aromatic rings. The summed E-state index contributed by atoms with van der Waals surface area (Å²) >= 11 is 0. The van der Waals surface area contributed by atoms with Crippen molar-refractivity contribution in [2.75, 3.05) is 17.4 Å². The van der Waals surface area contributed by atoms with Crippen molar-refractivity contribution in [2.45, 2.75) is 13.3 Å². The molecule has 2 heterocycles. The minimum atomic E-state index is -0.333. The van der Waals surface area contributed by atoms with Crippen LogP contribution in [0, 0.1) is 6.92 Å².